The van der Waals surface area contributed by atoms with Gasteiger partial charge >= 0.3 is 5.69 Å². The highest BCUT2D eigenvalue weighted by Crippen LogP contribution is 2.34. The molecule has 1 aromatic carbocycles. The molecule has 2 N–H and O–H groups in total. The molecular weight excluding hydrogens is 264 g/mol. The zero-order valence-corrected chi connectivity index (χ0v) is 9.18. The minimum absolute atomic E-state index is 0.433. The van der Waals surface area contributed by atoms with Crippen molar-refractivity contribution in [1.82, 2.24) is 0 Å². The first-order chi connectivity index (χ1) is 8.73. The molecular formula is C9H7N2O8-. The van der Waals surface area contributed by atoms with Crippen molar-refractivity contribution in [2.75, 3.05) is 0 Å². The second-order valence-corrected chi connectivity index (χ2v) is 3.53. The zero-order chi connectivity index (χ0) is 14.7. The Hall–Kier alpha value is -2.75. The Labute approximate surface area is 104 Å². The Balaban J connectivity index is 3.33. The van der Waals surface area contributed by atoms with Crippen molar-refractivity contribution < 1.29 is 30.0 Å². The van der Waals surface area contributed by atoms with E-state index in [0.29, 0.717) is 6.07 Å². The predicted molar refractivity (Wildman–Crippen MR) is 56.1 cm³/mol. The fourth-order valence-corrected chi connectivity index (χ4v) is 1.35. The van der Waals surface area contributed by atoms with Gasteiger partial charge < -0.3 is 20.1 Å². The van der Waals surface area contributed by atoms with E-state index in [-0.39, 0.29) is 0 Å². The summed E-state index contributed by atoms with van der Waals surface area (Å²) in [4.78, 5) is 29.5. The molecule has 0 aliphatic heterocycles. The molecule has 1 aromatic rings. The lowest BCUT2D eigenvalue weighted by atomic mass is 10.0. The lowest BCUT2D eigenvalue weighted by molar-refractivity contribution is -0.394. The number of hydrogen-bond donors (Lipinski definition) is 2. The summed E-state index contributed by atoms with van der Waals surface area (Å²) in [6.07, 6.45) is -2.80. The molecule has 1 atom stereocenters. The van der Waals surface area contributed by atoms with E-state index in [0.717, 1.165) is 6.07 Å². The lowest BCUT2D eigenvalue weighted by Gasteiger charge is -2.12. The second-order valence-electron chi connectivity index (χ2n) is 3.53. The van der Waals surface area contributed by atoms with E-state index in [9.17, 15) is 35.2 Å². The molecule has 10 heteroatoms. The van der Waals surface area contributed by atoms with Gasteiger partial charge in [-0.1, -0.05) is 0 Å². The van der Waals surface area contributed by atoms with Crippen molar-refractivity contribution in [1.29, 1.82) is 0 Å². The number of aliphatic hydroxyl groups excluding tert-OH is 1. The summed E-state index contributed by atoms with van der Waals surface area (Å²) < 4.78 is 0. The number of nitro benzene ring substituents is 2. The Morgan fingerprint density at radius 2 is 1.84 bits per heavy atom. The molecule has 0 amide bonds. The number of aliphatic carboxylic acids is 1. The smallest absolute Gasteiger partial charge is 0.317 e. The number of aromatic hydroxyl groups is 1. The van der Waals surface area contributed by atoms with E-state index in [4.69, 9.17) is 5.11 Å². The van der Waals surface area contributed by atoms with Gasteiger partial charge in [-0.15, -0.1) is 0 Å². The molecule has 1 rings (SSSR count). The third-order valence-corrected chi connectivity index (χ3v) is 2.25. The summed E-state index contributed by atoms with van der Waals surface area (Å²) in [5.74, 6) is -2.80. The highest BCUT2D eigenvalue weighted by Gasteiger charge is 2.25. The lowest BCUT2D eigenvalue weighted by Crippen LogP contribution is -2.36. The average molecular weight is 271 g/mol. The van der Waals surface area contributed by atoms with Gasteiger partial charge in [0.05, 0.1) is 28.0 Å². The van der Waals surface area contributed by atoms with Crippen molar-refractivity contribution in [2.45, 2.75) is 12.5 Å². The zero-order valence-electron chi connectivity index (χ0n) is 9.18. The van der Waals surface area contributed by atoms with Crippen LogP contribution in [0.25, 0.3) is 0 Å². The van der Waals surface area contributed by atoms with Gasteiger partial charge in [0.25, 0.3) is 5.69 Å². The normalized spacial score (nSPS) is 11.8. The number of carbonyl (C=O) groups is 1. The topological polar surface area (TPSA) is 167 Å². The van der Waals surface area contributed by atoms with Crippen molar-refractivity contribution in [3.05, 3.63) is 37.9 Å². The predicted octanol–water partition coefficient (Wildman–Crippen LogP) is -1.14. The summed E-state index contributed by atoms with van der Waals surface area (Å²) in [7, 11) is 0. The SMILES string of the molecule is O=C([O-])C(O)Cc1cc([N+](=O)[O-])cc([N+](=O)[O-])c1O. The monoisotopic (exact) mass is 271 g/mol. The Morgan fingerprint density at radius 1 is 1.26 bits per heavy atom. The van der Waals surface area contributed by atoms with Gasteiger partial charge in [0, 0.05) is 18.1 Å². The fraction of sp³-hybridized carbons (Fsp3) is 0.222. The molecule has 0 aromatic heterocycles. The maximum Gasteiger partial charge on any atom is 0.317 e. The number of non-ortho nitro benzene ring substituents is 1. The van der Waals surface area contributed by atoms with E-state index in [1.807, 2.05) is 0 Å². The third kappa shape index (κ3) is 3.13. The van der Waals surface area contributed by atoms with E-state index in [2.05, 4.69) is 0 Å². The summed E-state index contributed by atoms with van der Waals surface area (Å²) in [6.45, 7) is 0. The van der Waals surface area contributed by atoms with Crippen LogP contribution >= 0.6 is 0 Å². The van der Waals surface area contributed by atoms with Crippen LogP contribution in [0.2, 0.25) is 0 Å². The highest BCUT2D eigenvalue weighted by atomic mass is 16.6. The van der Waals surface area contributed by atoms with Crippen molar-refractivity contribution in [2.24, 2.45) is 0 Å². The van der Waals surface area contributed by atoms with Gasteiger partial charge in [-0.2, -0.15) is 0 Å². The molecule has 0 aliphatic carbocycles. The van der Waals surface area contributed by atoms with E-state index in [1.165, 1.54) is 0 Å². The quantitative estimate of drug-likeness (QED) is 0.500. The number of phenolic OH excluding ortho intramolecular Hbond substituents is 1. The van der Waals surface area contributed by atoms with Gasteiger partial charge in [-0.05, 0) is 0 Å². The molecule has 0 radical (unpaired) electrons. The molecule has 10 nitrogen and oxygen atoms in total. The fourth-order valence-electron chi connectivity index (χ4n) is 1.35. The summed E-state index contributed by atoms with van der Waals surface area (Å²) in [6, 6.07) is 1.28. The van der Waals surface area contributed by atoms with Gasteiger partial charge in [-0.3, -0.25) is 20.2 Å². The first kappa shape index (κ1) is 14.3. The molecule has 102 valence electrons. The molecule has 0 bridgehead atoms. The van der Waals surface area contributed by atoms with E-state index < -0.39 is 51.0 Å². The number of hydrogen-bond acceptors (Lipinski definition) is 8. The average Bonchev–Trinajstić information content (AvgIpc) is 2.30. The number of benzene rings is 1. The molecule has 0 aliphatic rings. The molecule has 0 saturated heterocycles. The van der Waals surface area contributed by atoms with Crippen LogP contribution in [0.1, 0.15) is 5.56 Å². The largest absolute Gasteiger partial charge is 0.547 e. The third-order valence-electron chi connectivity index (χ3n) is 2.25. The molecule has 0 heterocycles. The number of carbonyl (C=O) groups excluding carboxylic acids is 1. The molecule has 0 spiro atoms. The highest BCUT2D eigenvalue weighted by molar-refractivity contribution is 5.71. The molecule has 19 heavy (non-hydrogen) atoms. The van der Waals surface area contributed by atoms with Crippen LogP contribution in [0.3, 0.4) is 0 Å². The number of aliphatic hydroxyl groups is 1. The van der Waals surface area contributed by atoms with Crippen LogP contribution in [-0.4, -0.2) is 32.1 Å². The van der Waals surface area contributed by atoms with Crippen LogP contribution < -0.4 is 5.11 Å². The number of carboxylic acids is 1. The summed E-state index contributed by atoms with van der Waals surface area (Å²) in [5.41, 5.74) is -2.09. The van der Waals surface area contributed by atoms with Crippen molar-refractivity contribution in [3.8, 4) is 5.75 Å². The Bertz CT molecular complexity index is 555. The van der Waals surface area contributed by atoms with Crippen LogP contribution in [0.5, 0.6) is 5.75 Å². The number of carboxylic acid groups (broad SMARTS) is 1. The van der Waals surface area contributed by atoms with Crippen molar-refractivity contribution in [3.63, 3.8) is 0 Å². The van der Waals surface area contributed by atoms with Crippen LogP contribution in [0.4, 0.5) is 11.4 Å². The first-order valence-corrected chi connectivity index (χ1v) is 4.77. The van der Waals surface area contributed by atoms with Crippen molar-refractivity contribution >= 4 is 17.3 Å². The Kier molecular flexibility index (Phi) is 3.97. The second kappa shape index (κ2) is 5.27. The van der Waals surface area contributed by atoms with Gasteiger partial charge in [-0.25, -0.2) is 0 Å². The van der Waals surface area contributed by atoms with E-state index in [1.54, 1.807) is 0 Å². The maximum absolute atomic E-state index is 10.6. The maximum atomic E-state index is 10.6. The van der Waals surface area contributed by atoms with Crippen LogP contribution in [0, 0.1) is 20.2 Å². The molecule has 0 saturated carbocycles. The first-order valence-electron chi connectivity index (χ1n) is 4.77. The number of nitrogens with zero attached hydrogens (tertiary/aromatic N) is 2. The molecule has 1 unspecified atom stereocenters. The minimum Gasteiger partial charge on any atom is -0.547 e. The van der Waals surface area contributed by atoms with Gasteiger partial charge in [0.15, 0.2) is 5.75 Å². The number of phenols is 1. The molecule has 0 fully saturated rings. The number of nitro groups is 2. The van der Waals surface area contributed by atoms with Gasteiger partial charge in [0.2, 0.25) is 0 Å². The minimum atomic E-state index is -2.05. The number of rotatable bonds is 5. The van der Waals surface area contributed by atoms with Gasteiger partial charge in [0.1, 0.15) is 0 Å². The van der Waals surface area contributed by atoms with Crippen LogP contribution in [-0.2, 0) is 11.2 Å². The Morgan fingerprint density at radius 3 is 2.26 bits per heavy atom. The summed E-state index contributed by atoms with van der Waals surface area (Å²) in [5, 5.41) is 50.1. The standard InChI is InChI=1S/C9H8N2O8/c12-7(9(14)15)2-4-1-5(10(16)17)3-6(8(4)13)11(18)19/h1,3,7,12-13H,2H2,(H,14,15)/p-1. The summed E-state index contributed by atoms with van der Waals surface area (Å²) >= 11 is 0. The van der Waals surface area contributed by atoms with E-state index >= 15 is 0 Å². The van der Waals surface area contributed by atoms with Crippen LogP contribution in [0.15, 0.2) is 12.1 Å².